The lowest BCUT2D eigenvalue weighted by molar-refractivity contribution is 0.0554. The fraction of sp³-hybridized carbons (Fsp3) is 0.538. The third-order valence-electron chi connectivity index (χ3n) is 7.85. The number of hydrogen-bond acceptors (Lipinski definition) is 5. The Labute approximate surface area is 213 Å². The van der Waals surface area contributed by atoms with Gasteiger partial charge in [-0.25, -0.2) is 4.98 Å². The van der Waals surface area contributed by atoms with Crippen LogP contribution in [0.5, 0.6) is 0 Å². The van der Waals surface area contributed by atoms with Crippen molar-refractivity contribution in [2.45, 2.75) is 50.7 Å². The molecule has 34 heavy (non-hydrogen) atoms. The zero-order valence-electron chi connectivity index (χ0n) is 19.9. The van der Waals surface area contributed by atoms with Gasteiger partial charge in [0, 0.05) is 70.5 Å². The van der Waals surface area contributed by atoms with E-state index < -0.39 is 0 Å². The van der Waals surface area contributed by atoms with Gasteiger partial charge in [0.25, 0.3) is 5.91 Å². The van der Waals surface area contributed by atoms with Crippen LogP contribution in [0.3, 0.4) is 0 Å². The molecule has 0 unspecified atom stereocenters. The lowest BCUT2D eigenvalue weighted by Gasteiger charge is -2.47. The van der Waals surface area contributed by atoms with E-state index in [0.717, 1.165) is 50.0 Å². The standard InChI is InChI=1S/C26H33Cl2N5O.H2/c1-17-16-32(25-23(28)14-19(15-30-25)26(34)29-2)11-12-33(17)21-7-9-31(10-8-21)24-6-3-18-13-20(27)4-5-22(18)24;/h4-5,13-15,17,21,24H,3,6-12,16H2,1-2H3,(H,29,34);1H/t17-,24-;/m0./s1. The van der Waals surface area contributed by atoms with Crippen LogP contribution in [-0.2, 0) is 6.42 Å². The molecule has 5 rings (SSSR count). The maximum absolute atomic E-state index is 11.9. The Hall–Kier alpha value is -1.86. The van der Waals surface area contributed by atoms with E-state index in [4.69, 9.17) is 23.2 Å². The zero-order valence-corrected chi connectivity index (χ0v) is 21.4. The quantitative estimate of drug-likeness (QED) is 0.657. The lowest BCUT2D eigenvalue weighted by Crippen LogP contribution is -2.57. The first-order valence-electron chi connectivity index (χ1n) is 12.3. The van der Waals surface area contributed by atoms with E-state index in [-0.39, 0.29) is 7.33 Å². The SMILES string of the molecule is CNC(=O)c1cnc(N2CCN(C3CCN([C@H]4CCc5cc(Cl)ccc54)CC3)[C@@H](C)C2)c(Cl)c1.[HH]. The molecule has 2 saturated heterocycles. The number of carbonyl (C=O) groups is 1. The van der Waals surface area contributed by atoms with E-state index in [2.05, 4.69) is 44.1 Å². The van der Waals surface area contributed by atoms with Crippen molar-refractivity contribution in [3.63, 3.8) is 0 Å². The molecule has 2 aliphatic heterocycles. The van der Waals surface area contributed by atoms with Gasteiger partial charge in [0.1, 0.15) is 5.82 Å². The number of fused-ring (bicyclic) bond motifs is 1. The van der Waals surface area contributed by atoms with Gasteiger partial charge < -0.3 is 10.2 Å². The summed E-state index contributed by atoms with van der Waals surface area (Å²) in [5.41, 5.74) is 3.40. The van der Waals surface area contributed by atoms with Crippen LogP contribution in [0.15, 0.2) is 30.5 Å². The summed E-state index contributed by atoms with van der Waals surface area (Å²) < 4.78 is 0. The van der Waals surface area contributed by atoms with Gasteiger partial charge in [0.2, 0.25) is 0 Å². The molecule has 0 radical (unpaired) electrons. The number of anilines is 1. The largest absolute Gasteiger partial charge is 0.355 e. The Morgan fingerprint density at radius 3 is 2.62 bits per heavy atom. The van der Waals surface area contributed by atoms with E-state index in [1.165, 1.54) is 30.4 Å². The number of piperazine rings is 1. The van der Waals surface area contributed by atoms with Crippen molar-refractivity contribution >= 4 is 34.9 Å². The van der Waals surface area contributed by atoms with Crippen LogP contribution in [0.2, 0.25) is 10.0 Å². The molecular formula is C26H35Cl2N5O. The molecule has 3 aliphatic rings. The lowest BCUT2D eigenvalue weighted by atomic mass is 9.97. The maximum atomic E-state index is 11.9. The molecule has 0 spiro atoms. The molecular weight excluding hydrogens is 469 g/mol. The number of benzene rings is 1. The summed E-state index contributed by atoms with van der Waals surface area (Å²) in [5, 5.41) is 4.01. The first kappa shape index (κ1) is 23.9. The topological polar surface area (TPSA) is 51.7 Å². The van der Waals surface area contributed by atoms with Crippen LogP contribution < -0.4 is 10.2 Å². The molecule has 6 nitrogen and oxygen atoms in total. The van der Waals surface area contributed by atoms with Gasteiger partial charge >= 0.3 is 0 Å². The number of hydrogen-bond donors (Lipinski definition) is 1. The monoisotopic (exact) mass is 503 g/mol. The Balaban J connectivity index is 0.00000289. The van der Waals surface area contributed by atoms with Crippen molar-refractivity contribution in [2.24, 2.45) is 0 Å². The van der Waals surface area contributed by atoms with Crippen LogP contribution in [0, 0.1) is 0 Å². The van der Waals surface area contributed by atoms with Gasteiger partial charge in [0.05, 0.1) is 10.6 Å². The van der Waals surface area contributed by atoms with Gasteiger partial charge in [-0.05, 0) is 61.9 Å². The van der Waals surface area contributed by atoms with Gasteiger partial charge in [-0.3, -0.25) is 14.6 Å². The normalized spacial score (nSPS) is 24.3. The predicted octanol–water partition coefficient (Wildman–Crippen LogP) is 4.66. The minimum Gasteiger partial charge on any atom is -0.355 e. The van der Waals surface area contributed by atoms with Crippen molar-refractivity contribution < 1.29 is 6.22 Å². The molecule has 1 aromatic carbocycles. The van der Waals surface area contributed by atoms with E-state index in [1.54, 1.807) is 19.3 Å². The fourth-order valence-corrected chi connectivity index (χ4v) is 6.59. The number of nitrogens with one attached hydrogen (secondary N) is 1. The van der Waals surface area contributed by atoms with Crippen molar-refractivity contribution in [1.29, 1.82) is 0 Å². The summed E-state index contributed by atoms with van der Waals surface area (Å²) in [6.45, 7) is 7.40. The highest BCUT2D eigenvalue weighted by Crippen LogP contribution is 2.39. The molecule has 1 amide bonds. The first-order valence-corrected chi connectivity index (χ1v) is 13.1. The zero-order chi connectivity index (χ0) is 23.8. The van der Waals surface area contributed by atoms with Crippen molar-refractivity contribution in [3.05, 3.63) is 57.2 Å². The summed E-state index contributed by atoms with van der Waals surface area (Å²) >= 11 is 12.7. The minimum absolute atomic E-state index is 0. The summed E-state index contributed by atoms with van der Waals surface area (Å²) in [6.07, 6.45) is 6.39. The number of carbonyl (C=O) groups excluding carboxylic acids is 1. The Kier molecular flexibility index (Phi) is 7.03. The van der Waals surface area contributed by atoms with E-state index in [0.29, 0.717) is 28.7 Å². The number of pyridine rings is 1. The molecule has 0 bridgehead atoms. The molecule has 8 heteroatoms. The summed E-state index contributed by atoms with van der Waals surface area (Å²) in [4.78, 5) is 24.0. The molecule has 0 saturated carbocycles. The highest BCUT2D eigenvalue weighted by atomic mass is 35.5. The Bertz CT molecular complexity index is 1060. The smallest absolute Gasteiger partial charge is 0.252 e. The Morgan fingerprint density at radius 1 is 1.12 bits per heavy atom. The third-order valence-corrected chi connectivity index (χ3v) is 8.36. The third kappa shape index (κ3) is 4.66. The van der Waals surface area contributed by atoms with Gasteiger partial charge in [-0.1, -0.05) is 29.3 Å². The number of rotatable bonds is 4. The van der Waals surface area contributed by atoms with Crippen LogP contribution in [0.4, 0.5) is 5.82 Å². The highest BCUT2D eigenvalue weighted by molar-refractivity contribution is 6.33. The number of likely N-dealkylation sites (tertiary alicyclic amines) is 1. The van der Waals surface area contributed by atoms with E-state index >= 15 is 0 Å². The molecule has 2 aromatic rings. The average Bonchev–Trinajstić information content (AvgIpc) is 3.26. The van der Waals surface area contributed by atoms with E-state index in [1.807, 2.05) is 6.07 Å². The fourth-order valence-electron chi connectivity index (χ4n) is 6.11. The second-order valence-electron chi connectivity index (χ2n) is 9.81. The van der Waals surface area contributed by atoms with Crippen molar-refractivity contribution in [2.75, 3.05) is 44.7 Å². The predicted molar refractivity (Wildman–Crippen MR) is 140 cm³/mol. The molecule has 2 fully saturated rings. The second kappa shape index (κ2) is 10.0. The van der Waals surface area contributed by atoms with Crippen LogP contribution >= 0.6 is 23.2 Å². The molecule has 1 aliphatic carbocycles. The number of aryl methyl sites for hydroxylation is 1. The molecule has 2 atom stereocenters. The highest BCUT2D eigenvalue weighted by Gasteiger charge is 2.35. The molecule has 1 N–H and O–H groups in total. The van der Waals surface area contributed by atoms with E-state index in [9.17, 15) is 4.79 Å². The molecule has 184 valence electrons. The average molecular weight is 505 g/mol. The molecule has 3 heterocycles. The second-order valence-corrected chi connectivity index (χ2v) is 10.6. The van der Waals surface area contributed by atoms with Crippen LogP contribution in [0.25, 0.3) is 0 Å². The summed E-state index contributed by atoms with van der Waals surface area (Å²) in [7, 11) is 1.61. The van der Waals surface area contributed by atoms with Gasteiger partial charge in [-0.2, -0.15) is 0 Å². The number of aromatic nitrogens is 1. The minimum atomic E-state index is -0.171. The van der Waals surface area contributed by atoms with Gasteiger partial charge in [0.15, 0.2) is 0 Å². The summed E-state index contributed by atoms with van der Waals surface area (Å²) in [5.74, 6) is 0.603. The first-order chi connectivity index (χ1) is 16.4. The summed E-state index contributed by atoms with van der Waals surface area (Å²) in [6, 6.07) is 9.74. The number of piperidine rings is 1. The number of amides is 1. The van der Waals surface area contributed by atoms with Gasteiger partial charge in [-0.15, -0.1) is 0 Å². The van der Waals surface area contributed by atoms with Crippen LogP contribution in [-0.4, -0.2) is 72.5 Å². The van der Waals surface area contributed by atoms with Crippen molar-refractivity contribution in [1.82, 2.24) is 20.1 Å². The molecule has 1 aromatic heterocycles. The maximum Gasteiger partial charge on any atom is 0.252 e. The van der Waals surface area contributed by atoms with Crippen LogP contribution in [0.1, 0.15) is 55.1 Å². The number of nitrogens with zero attached hydrogens (tertiary/aromatic N) is 4. The van der Waals surface area contributed by atoms with Crippen molar-refractivity contribution in [3.8, 4) is 0 Å². The number of halogens is 2. The Morgan fingerprint density at radius 2 is 1.91 bits per heavy atom.